The minimum Gasteiger partial charge on any atom is -0.438 e. The van der Waals surface area contributed by atoms with Crippen LogP contribution in [0.5, 0.6) is 0 Å². The first-order valence-electron chi connectivity index (χ1n) is 12.9. The summed E-state index contributed by atoms with van der Waals surface area (Å²) in [6.45, 7) is 2.47. The van der Waals surface area contributed by atoms with Crippen molar-refractivity contribution < 1.29 is 23.5 Å². The average Bonchev–Trinajstić information content (AvgIpc) is 3.29. The summed E-state index contributed by atoms with van der Waals surface area (Å²) in [5.74, 6) is -1.21. The van der Waals surface area contributed by atoms with E-state index in [-0.39, 0.29) is 12.5 Å². The van der Waals surface area contributed by atoms with E-state index in [0.717, 1.165) is 16.7 Å². The predicted octanol–water partition coefficient (Wildman–Crippen LogP) is 5.76. The number of nitrogens with one attached hydrogen (secondary N) is 2. The first-order chi connectivity index (χ1) is 19.4. The van der Waals surface area contributed by atoms with Crippen molar-refractivity contribution in [3.05, 3.63) is 137 Å². The number of ether oxygens (including phenoxy) is 1. The second kappa shape index (κ2) is 11.8. The molecular weight excluding hydrogens is 509 g/mol. The van der Waals surface area contributed by atoms with E-state index < -0.39 is 30.0 Å². The summed E-state index contributed by atoms with van der Waals surface area (Å²) in [6, 6.07) is 28.3. The molecule has 5 rings (SSSR count). The van der Waals surface area contributed by atoms with Gasteiger partial charge < -0.3 is 15.4 Å². The maximum Gasteiger partial charge on any atom is 0.411 e. The first-order valence-corrected chi connectivity index (χ1v) is 12.9. The molecule has 2 atom stereocenters. The largest absolute Gasteiger partial charge is 0.438 e. The fourth-order valence-corrected chi connectivity index (χ4v) is 4.59. The highest BCUT2D eigenvalue weighted by molar-refractivity contribution is 6.04. The summed E-state index contributed by atoms with van der Waals surface area (Å²) >= 11 is 0. The van der Waals surface area contributed by atoms with Crippen LogP contribution in [0.1, 0.15) is 38.7 Å². The molecule has 0 radical (unpaired) electrons. The van der Waals surface area contributed by atoms with Gasteiger partial charge in [0.15, 0.2) is 12.1 Å². The Hall–Kier alpha value is -4.98. The second-order valence-electron chi connectivity index (χ2n) is 9.65. The summed E-state index contributed by atoms with van der Waals surface area (Å²) in [5, 5.41) is 5.73. The fraction of sp³-hybridized carbons (Fsp3) is 0.156. The molecule has 1 saturated heterocycles. The zero-order valence-corrected chi connectivity index (χ0v) is 21.8. The molecule has 0 saturated carbocycles. The third-order valence-corrected chi connectivity index (χ3v) is 6.72. The molecule has 0 bridgehead atoms. The van der Waals surface area contributed by atoms with Gasteiger partial charge in [0.05, 0.1) is 6.54 Å². The number of benzene rings is 4. The number of hydrogen-bond acceptors (Lipinski definition) is 4. The topological polar surface area (TPSA) is 87.7 Å². The number of carbonyl (C=O) groups excluding carboxylic acids is 3. The normalized spacial score (nSPS) is 16.4. The van der Waals surface area contributed by atoms with Crippen LogP contribution in [0.2, 0.25) is 0 Å². The van der Waals surface area contributed by atoms with Crippen LogP contribution in [-0.4, -0.2) is 28.8 Å². The molecule has 1 aliphatic heterocycles. The maximum absolute atomic E-state index is 13.6. The molecule has 1 heterocycles. The highest BCUT2D eigenvalue weighted by Crippen LogP contribution is 2.35. The van der Waals surface area contributed by atoms with Crippen molar-refractivity contribution in [2.45, 2.75) is 32.2 Å². The monoisotopic (exact) mass is 537 g/mol. The van der Waals surface area contributed by atoms with Crippen LogP contribution in [0.4, 0.5) is 14.9 Å². The molecule has 0 aromatic heterocycles. The van der Waals surface area contributed by atoms with Crippen LogP contribution in [0.25, 0.3) is 0 Å². The number of nitrogens with zero attached hydrogens (tertiary/aromatic N) is 1. The Labute approximate surface area is 231 Å². The van der Waals surface area contributed by atoms with Gasteiger partial charge >= 0.3 is 6.09 Å². The van der Waals surface area contributed by atoms with Crippen molar-refractivity contribution in [3.8, 4) is 0 Å². The standard InChI is InChI=1S/C32H28FN3O4/c1-21-10-12-23(13-11-21)20-36-28(31(38)34-19-22-6-3-2-4-7-22)29(40-32(36)39)25-8-5-9-27(18-25)35-30(37)24-14-16-26(33)17-15-24/h2-18,28-29H,19-20H2,1H3,(H,34,38)(H,35,37)/t28-,29+/m0/s1. The Morgan fingerprint density at radius 3 is 2.33 bits per heavy atom. The molecule has 40 heavy (non-hydrogen) atoms. The second-order valence-corrected chi connectivity index (χ2v) is 9.65. The lowest BCUT2D eigenvalue weighted by atomic mass is 9.99. The maximum atomic E-state index is 13.6. The highest BCUT2D eigenvalue weighted by atomic mass is 19.1. The SMILES string of the molecule is Cc1ccc(CN2C(=O)O[C@H](c3cccc(NC(=O)c4ccc(F)cc4)c3)[C@H]2C(=O)NCc2ccccc2)cc1. The third kappa shape index (κ3) is 6.18. The van der Waals surface area contributed by atoms with Gasteiger partial charge in [0.2, 0.25) is 5.91 Å². The smallest absolute Gasteiger partial charge is 0.411 e. The van der Waals surface area contributed by atoms with Crippen LogP contribution >= 0.6 is 0 Å². The number of anilines is 1. The van der Waals surface area contributed by atoms with Crippen LogP contribution in [0.3, 0.4) is 0 Å². The van der Waals surface area contributed by atoms with Crippen molar-refractivity contribution in [1.29, 1.82) is 0 Å². The Balaban J connectivity index is 1.40. The predicted molar refractivity (Wildman–Crippen MR) is 149 cm³/mol. The van der Waals surface area contributed by atoms with Gasteiger partial charge in [-0.25, -0.2) is 9.18 Å². The molecule has 1 aliphatic rings. The van der Waals surface area contributed by atoms with E-state index in [0.29, 0.717) is 23.4 Å². The summed E-state index contributed by atoms with van der Waals surface area (Å²) in [6.07, 6.45) is -1.51. The number of carbonyl (C=O) groups is 3. The van der Waals surface area contributed by atoms with E-state index in [1.54, 1.807) is 24.3 Å². The van der Waals surface area contributed by atoms with E-state index in [2.05, 4.69) is 10.6 Å². The number of cyclic esters (lactones) is 1. The van der Waals surface area contributed by atoms with Crippen LogP contribution in [0.15, 0.2) is 103 Å². The molecule has 202 valence electrons. The van der Waals surface area contributed by atoms with Gasteiger partial charge in [0, 0.05) is 17.8 Å². The summed E-state index contributed by atoms with van der Waals surface area (Å²) < 4.78 is 19.0. The van der Waals surface area contributed by atoms with Crippen LogP contribution in [-0.2, 0) is 22.6 Å². The van der Waals surface area contributed by atoms with Crippen LogP contribution in [0, 0.1) is 12.7 Å². The van der Waals surface area contributed by atoms with E-state index in [1.807, 2.05) is 61.5 Å². The minimum atomic E-state index is -0.944. The number of aryl methyl sites for hydroxylation is 1. The molecular formula is C32H28FN3O4. The van der Waals surface area contributed by atoms with Crippen molar-refractivity contribution in [2.24, 2.45) is 0 Å². The van der Waals surface area contributed by atoms with Crippen LogP contribution < -0.4 is 10.6 Å². The summed E-state index contributed by atoms with van der Waals surface area (Å²) in [5.41, 5.74) is 4.17. The van der Waals surface area contributed by atoms with E-state index >= 15 is 0 Å². The molecule has 4 aromatic rings. The molecule has 0 unspecified atom stereocenters. The molecule has 1 fully saturated rings. The van der Waals surface area contributed by atoms with Gasteiger partial charge in [-0.15, -0.1) is 0 Å². The van der Waals surface area contributed by atoms with Crippen molar-refractivity contribution in [2.75, 3.05) is 5.32 Å². The number of rotatable bonds is 8. The molecule has 4 aromatic carbocycles. The zero-order valence-electron chi connectivity index (χ0n) is 21.8. The van der Waals surface area contributed by atoms with Crippen molar-refractivity contribution in [3.63, 3.8) is 0 Å². The van der Waals surface area contributed by atoms with Crippen molar-refractivity contribution >= 4 is 23.6 Å². The summed E-state index contributed by atoms with van der Waals surface area (Å²) in [7, 11) is 0. The zero-order chi connectivity index (χ0) is 28.1. The lowest BCUT2D eigenvalue weighted by molar-refractivity contribution is -0.126. The Morgan fingerprint density at radius 1 is 0.875 bits per heavy atom. The Morgan fingerprint density at radius 2 is 1.60 bits per heavy atom. The molecule has 2 N–H and O–H groups in total. The number of halogens is 1. The quantitative estimate of drug-likeness (QED) is 0.299. The Kier molecular flexibility index (Phi) is 7.87. The van der Waals surface area contributed by atoms with Gasteiger partial charge in [0.25, 0.3) is 5.91 Å². The molecule has 7 nitrogen and oxygen atoms in total. The number of hydrogen-bond donors (Lipinski definition) is 2. The van der Waals surface area contributed by atoms with Gasteiger partial charge in [0.1, 0.15) is 5.82 Å². The van der Waals surface area contributed by atoms with E-state index in [1.165, 1.54) is 29.2 Å². The van der Waals surface area contributed by atoms with Crippen molar-refractivity contribution in [1.82, 2.24) is 10.2 Å². The van der Waals surface area contributed by atoms with Gasteiger partial charge in [-0.1, -0.05) is 72.3 Å². The average molecular weight is 538 g/mol. The molecule has 0 aliphatic carbocycles. The first kappa shape index (κ1) is 26.6. The molecule has 8 heteroatoms. The van der Waals surface area contributed by atoms with Gasteiger partial charge in [-0.05, 0) is 60.0 Å². The summed E-state index contributed by atoms with van der Waals surface area (Å²) in [4.78, 5) is 40.8. The van der Waals surface area contributed by atoms with Gasteiger partial charge in [-0.2, -0.15) is 0 Å². The molecule has 3 amide bonds. The Bertz CT molecular complexity index is 1510. The lowest BCUT2D eigenvalue weighted by Gasteiger charge is -2.24. The minimum absolute atomic E-state index is 0.194. The highest BCUT2D eigenvalue weighted by Gasteiger charge is 2.47. The molecule has 0 spiro atoms. The van der Waals surface area contributed by atoms with E-state index in [4.69, 9.17) is 4.74 Å². The van der Waals surface area contributed by atoms with E-state index in [9.17, 15) is 18.8 Å². The van der Waals surface area contributed by atoms with Gasteiger partial charge in [-0.3, -0.25) is 14.5 Å². The third-order valence-electron chi connectivity index (χ3n) is 6.72. The fourth-order valence-electron chi connectivity index (χ4n) is 4.59. The number of amides is 3. The lowest BCUT2D eigenvalue weighted by Crippen LogP contribution is -2.46.